The summed E-state index contributed by atoms with van der Waals surface area (Å²) in [6.45, 7) is 2.82. The molecule has 13 heavy (non-hydrogen) atoms. The highest BCUT2D eigenvalue weighted by molar-refractivity contribution is 7.16. The van der Waals surface area contributed by atoms with Crippen LogP contribution in [0.4, 0.5) is 0 Å². The van der Waals surface area contributed by atoms with Gasteiger partial charge in [-0.25, -0.2) is 0 Å². The average molecular weight is 213 g/mol. The first-order valence-electron chi connectivity index (χ1n) is 4.06. The minimum Gasteiger partial charge on any atom is -0.316 e. The summed E-state index contributed by atoms with van der Waals surface area (Å²) in [6, 6.07) is 5.78. The Kier molecular flexibility index (Phi) is 2.14. The molecule has 2 aromatic rings. The van der Waals surface area contributed by atoms with Gasteiger partial charge >= 0.3 is 0 Å². The molecule has 1 N–H and O–H groups in total. The van der Waals surface area contributed by atoms with Gasteiger partial charge in [-0.05, 0) is 19.1 Å². The Morgan fingerprint density at radius 3 is 3.00 bits per heavy atom. The summed E-state index contributed by atoms with van der Waals surface area (Å²) < 4.78 is 3.00. The van der Waals surface area contributed by atoms with Crippen molar-refractivity contribution in [1.82, 2.24) is 4.57 Å². The Hall–Kier alpha value is -0.800. The van der Waals surface area contributed by atoms with Gasteiger partial charge in [0.15, 0.2) is 4.80 Å². The number of benzene rings is 1. The van der Waals surface area contributed by atoms with Crippen molar-refractivity contribution in [3.63, 3.8) is 0 Å². The van der Waals surface area contributed by atoms with Crippen molar-refractivity contribution in [2.75, 3.05) is 0 Å². The van der Waals surface area contributed by atoms with E-state index in [0.717, 1.165) is 21.8 Å². The lowest BCUT2D eigenvalue weighted by atomic mass is 10.3. The summed E-state index contributed by atoms with van der Waals surface area (Å²) in [7, 11) is 0. The summed E-state index contributed by atoms with van der Waals surface area (Å²) in [5, 5.41) is 8.45. The fourth-order valence-corrected chi connectivity index (χ4v) is 2.74. The van der Waals surface area contributed by atoms with Gasteiger partial charge in [-0.1, -0.05) is 29.0 Å². The monoisotopic (exact) mass is 212 g/mol. The van der Waals surface area contributed by atoms with Crippen LogP contribution in [0, 0.1) is 5.41 Å². The molecule has 0 radical (unpaired) electrons. The fourth-order valence-electron chi connectivity index (χ4n) is 1.40. The molecule has 0 atom stereocenters. The zero-order chi connectivity index (χ0) is 9.42. The third-order valence-electron chi connectivity index (χ3n) is 1.99. The van der Waals surface area contributed by atoms with Crippen LogP contribution in [-0.2, 0) is 6.54 Å². The second-order valence-electron chi connectivity index (χ2n) is 2.74. The Balaban J connectivity index is 2.96. The number of hydrogen-bond donors (Lipinski definition) is 1. The molecule has 0 bridgehead atoms. The molecule has 2 nitrogen and oxygen atoms in total. The van der Waals surface area contributed by atoms with Crippen molar-refractivity contribution in [3.05, 3.63) is 28.0 Å². The predicted molar refractivity (Wildman–Crippen MR) is 56.4 cm³/mol. The van der Waals surface area contributed by atoms with Crippen LogP contribution in [0.2, 0.25) is 5.02 Å². The fraction of sp³-hybridized carbons (Fsp3) is 0.222. The van der Waals surface area contributed by atoms with E-state index in [1.165, 1.54) is 11.3 Å². The lowest BCUT2D eigenvalue weighted by molar-refractivity contribution is 0.756. The van der Waals surface area contributed by atoms with E-state index in [-0.39, 0.29) is 0 Å². The Labute approximate surface area is 84.9 Å². The first-order chi connectivity index (χ1) is 6.24. The van der Waals surface area contributed by atoms with Gasteiger partial charge in [-0.2, -0.15) is 0 Å². The second-order valence-corrected chi connectivity index (χ2v) is 4.18. The van der Waals surface area contributed by atoms with Crippen molar-refractivity contribution < 1.29 is 0 Å². The second kappa shape index (κ2) is 3.16. The third kappa shape index (κ3) is 1.28. The topological polar surface area (TPSA) is 28.8 Å². The number of nitrogens with one attached hydrogen (secondary N) is 1. The number of para-hydroxylation sites is 1. The van der Waals surface area contributed by atoms with E-state index in [1.54, 1.807) is 0 Å². The van der Waals surface area contributed by atoms with Crippen LogP contribution in [0.5, 0.6) is 0 Å². The summed E-state index contributed by atoms with van der Waals surface area (Å²) >= 11 is 7.52. The zero-order valence-electron chi connectivity index (χ0n) is 7.17. The normalized spacial score (nSPS) is 10.9. The Bertz CT molecular complexity index is 498. The van der Waals surface area contributed by atoms with Crippen LogP contribution in [0.3, 0.4) is 0 Å². The van der Waals surface area contributed by atoms with E-state index in [1.807, 2.05) is 29.7 Å². The van der Waals surface area contributed by atoms with Crippen LogP contribution in [0.1, 0.15) is 6.92 Å². The van der Waals surface area contributed by atoms with Gasteiger partial charge in [0.25, 0.3) is 0 Å². The Morgan fingerprint density at radius 2 is 2.31 bits per heavy atom. The molecule has 1 aromatic heterocycles. The summed E-state index contributed by atoms with van der Waals surface area (Å²) in [5.41, 5.74) is 0.988. The molecule has 0 aliphatic rings. The number of aryl methyl sites for hydroxylation is 1. The van der Waals surface area contributed by atoms with Crippen molar-refractivity contribution in [2.45, 2.75) is 13.5 Å². The number of hydrogen-bond acceptors (Lipinski definition) is 2. The molecular weight excluding hydrogens is 204 g/mol. The number of nitrogens with zero attached hydrogens (tertiary/aromatic N) is 1. The number of aromatic nitrogens is 1. The molecule has 1 aromatic carbocycles. The molecule has 0 amide bonds. The van der Waals surface area contributed by atoms with E-state index in [0.29, 0.717) is 4.80 Å². The van der Waals surface area contributed by atoms with Crippen molar-refractivity contribution in [3.8, 4) is 0 Å². The molecule has 4 heteroatoms. The predicted octanol–water partition coefficient (Wildman–Crippen LogP) is 2.86. The van der Waals surface area contributed by atoms with Crippen molar-refractivity contribution >= 4 is 33.2 Å². The molecule has 1 heterocycles. The molecule has 0 unspecified atom stereocenters. The van der Waals surface area contributed by atoms with Gasteiger partial charge in [-0.15, -0.1) is 0 Å². The quantitative estimate of drug-likeness (QED) is 0.753. The first kappa shape index (κ1) is 8.78. The van der Waals surface area contributed by atoms with E-state index in [4.69, 9.17) is 17.0 Å². The molecule has 0 aliphatic carbocycles. The van der Waals surface area contributed by atoms with E-state index < -0.39 is 0 Å². The van der Waals surface area contributed by atoms with Gasteiger partial charge in [-0.3, -0.25) is 5.41 Å². The van der Waals surface area contributed by atoms with Crippen LogP contribution >= 0.6 is 22.9 Å². The van der Waals surface area contributed by atoms with E-state index in [2.05, 4.69) is 0 Å². The van der Waals surface area contributed by atoms with Crippen LogP contribution < -0.4 is 4.80 Å². The SMILES string of the molecule is CCn1c(=N)sc2cccc(Cl)c21. The zero-order valence-corrected chi connectivity index (χ0v) is 8.75. The smallest absolute Gasteiger partial charge is 0.182 e. The number of thiazole rings is 1. The maximum absolute atomic E-state index is 7.72. The van der Waals surface area contributed by atoms with Crippen LogP contribution in [-0.4, -0.2) is 4.57 Å². The molecule has 0 saturated carbocycles. The maximum Gasteiger partial charge on any atom is 0.182 e. The highest BCUT2D eigenvalue weighted by Gasteiger charge is 2.06. The third-order valence-corrected chi connectivity index (χ3v) is 3.26. The van der Waals surface area contributed by atoms with Crippen molar-refractivity contribution in [2.24, 2.45) is 0 Å². The van der Waals surface area contributed by atoms with Crippen molar-refractivity contribution in [1.29, 1.82) is 5.41 Å². The first-order valence-corrected chi connectivity index (χ1v) is 5.26. The van der Waals surface area contributed by atoms with E-state index in [9.17, 15) is 0 Å². The van der Waals surface area contributed by atoms with Gasteiger partial charge in [0.1, 0.15) is 0 Å². The Morgan fingerprint density at radius 1 is 1.54 bits per heavy atom. The maximum atomic E-state index is 7.72. The summed E-state index contributed by atoms with van der Waals surface area (Å²) in [4.78, 5) is 0.561. The van der Waals surface area contributed by atoms with E-state index >= 15 is 0 Å². The van der Waals surface area contributed by atoms with Gasteiger partial charge < -0.3 is 4.57 Å². The number of rotatable bonds is 1. The minimum absolute atomic E-state index is 0.561. The highest BCUT2D eigenvalue weighted by Crippen LogP contribution is 2.24. The minimum atomic E-state index is 0.561. The highest BCUT2D eigenvalue weighted by atomic mass is 35.5. The van der Waals surface area contributed by atoms with Gasteiger partial charge in [0.2, 0.25) is 0 Å². The average Bonchev–Trinajstić information content (AvgIpc) is 2.42. The summed E-state index contributed by atoms with van der Waals surface area (Å²) in [6.07, 6.45) is 0. The van der Waals surface area contributed by atoms with Crippen LogP contribution in [0.15, 0.2) is 18.2 Å². The van der Waals surface area contributed by atoms with Crippen LogP contribution in [0.25, 0.3) is 10.2 Å². The largest absolute Gasteiger partial charge is 0.316 e. The molecular formula is C9H9ClN2S. The number of fused-ring (bicyclic) bond motifs is 1. The lowest BCUT2D eigenvalue weighted by Gasteiger charge is -2.00. The van der Waals surface area contributed by atoms with Gasteiger partial charge in [0.05, 0.1) is 15.2 Å². The molecule has 68 valence electrons. The molecule has 2 rings (SSSR count). The molecule has 0 saturated heterocycles. The standard InChI is InChI=1S/C9H9ClN2S/c1-2-12-8-6(10)4-3-5-7(8)13-9(12)11/h3-5,11H,2H2,1H3. The lowest BCUT2D eigenvalue weighted by Crippen LogP contribution is -2.10. The van der Waals surface area contributed by atoms with Gasteiger partial charge in [0, 0.05) is 6.54 Å². The number of halogens is 1. The summed E-state index contributed by atoms with van der Waals surface area (Å²) in [5.74, 6) is 0. The molecule has 0 fully saturated rings. The molecule has 0 aliphatic heterocycles. The molecule has 0 spiro atoms.